The lowest BCUT2D eigenvalue weighted by molar-refractivity contribution is 0.535. The quantitative estimate of drug-likeness (QED) is 0.495. The predicted octanol–water partition coefficient (Wildman–Crippen LogP) is 4.15. The molecule has 0 aromatic carbocycles. The SMILES string of the molecule is ClCC1C=CC(Cl)(Cl)CC1(Cl)Cl. The van der Waals surface area contributed by atoms with E-state index in [2.05, 4.69) is 0 Å². The lowest BCUT2D eigenvalue weighted by atomic mass is 9.96. The molecule has 1 unspecified atom stereocenters. The van der Waals surface area contributed by atoms with Gasteiger partial charge in [-0.1, -0.05) is 35.4 Å². The molecule has 0 saturated carbocycles. The average molecular weight is 268 g/mol. The highest BCUT2D eigenvalue weighted by Gasteiger charge is 2.43. The van der Waals surface area contributed by atoms with Gasteiger partial charge in [0.1, 0.15) is 8.67 Å². The molecule has 1 aliphatic carbocycles. The Kier molecular flexibility index (Phi) is 3.52. The summed E-state index contributed by atoms with van der Waals surface area (Å²) in [6, 6.07) is 0. The van der Waals surface area contributed by atoms with E-state index in [0.717, 1.165) is 0 Å². The van der Waals surface area contributed by atoms with Gasteiger partial charge in [0.2, 0.25) is 0 Å². The van der Waals surface area contributed by atoms with Crippen LogP contribution in [0.1, 0.15) is 6.42 Å². The van der Waals surface area contributed by atoms with E-state index in [4.69, 9.17) is 58.0 Å². The lowest BCUT2D eigenvalue weighted by Gasteiger charge is -2.34. The summed E-state index contributed by atoms with van der Waals surface area (Å²) in [6.45, 7) is 0. The molecule has 0 nitrogen and oxygen atoms in total. The minimum absolute atomic E-state index is 0.0897. The molecule has 0 amide bonds. The van der Waals surface area contributed by atoms with E-state index in [0.29, 0.717) is 12.3 Å². The summed E-state index contributed by atoms with van der Waals surface area (Å²) >= 11 is 29.3. The van der Waals surface area contributed by atoms with E-state index in [1.54, 1.807) is 12.2 Å². The Bertz CT molecular complexity index is 196. The van der Waals surface area contributed by atoms with E-state index in [-0.39, 0.29) is 5.92 Å². The third kappa shape index (κ3) is 2.59. The van der Waals surface area contributed by atoms with E-state index in [9.17, 15) is 0 Å². The van der Waals surface area contributed by atoms with Crippen molar-refractivity contribution in [2.45, 2.75) is 15.1 Å². The maximum atomic E-state index is 5.98. The highest BCUT2D eigenvalue weighted by atomic mass is 35.5. The second kappa shape index (κ2) is 3.74. The van der Waals surface area contributed by atoms with Crippen molar-refractivity contribution >= 4 is 58.0 Å². The molecule has 1 rings (SSSR count). The van der Waals surface area contributed by atoms with Crippen molar-refractivity contribution in [3.8, 4) is 0 Å². The summed E-state index contributed by atoms with van der Waals surface area (Å²) in [6.07, 6.45) is 3.72. The number of hydrogen-bond donors (Lipinski definition) is 0. The number of halogens is 5. The van der Waals surface area contributed by atoms with Crippen molar-refractivity contribution in [3.05, 3.63) is 12.2 Å². The maximum absolute atomic E-state index is 5.98. The summed E-state index contributed by atoms with van der Waals surface area (Å²) in [7, 11) is 0. The first kappa shape index (κ1) is 11.3. The molecule has 0 bridgehead atoms. The standard InChI is InChI=1S/C7H7Cl5/c8-3-5-1-2-6(9,10)4-7(5,11)12/h1-2,5H,3-4H2. The van der Waals surface area contributed by atoms with Crippen molar-refractivity contribution in [2.24, 2.45) is 5.92 Å². The monoisotopic (exact) mass is 266 g/mol. The smallest absolute Gasteiger partial charge is 0.126 e. The van der Waals surface area contributed by atoms with Gasteiger partial charge in [0.15, 0.2) is 0 Å². The first-order chi connectivity index (χ1) is 5.37. The number of hydrogen-bond acceptors (Lipinski definition) is 0. The van der Waals surface area contributed by atoms with Gasteiger partial charge >= 0.3 is 0 Å². The molecule has 0 N–H and O–H groups in total. The van der Waals surface area contributed by atoms with Crippen LogP contribution < -0.4 is 0 Å². The first-order valence-corrected chi connectivity index (χ1v) is 5.43. The van der Waals surface area contributed by atoms with Gasteiger partial charge in [-0.25, -0.2) is 0 Å². The van der Waals surface area contributed by atoms with Crippen molar-refractivity contribution in [1.82, 2.24) is 0 Å². The van der Waals surface area contributed by atoms with E-state index in [1.807, 2.05) is 0 Å². The minimum Gasteiger partial charge on any atom is -0.126 e. The van der Waals surface area contributed by atoms with Crippen LogP contribution in [0, 0.1) is 5.92 Å². The average Bonchev–Trinajstić information content (AvgIpc) is 1.83. The molecule has 0 heterocycles. The molecule has 1 aliphatic rings. The highest BCUT2D eigenvalue weighted by molar-refractivity contribution is 6.54. The summed E-state index contributed by atoms with van der Waals surface area (Å²) in [5, 5.41) is 0. The Labute approximate surface area is 96.7 Å². The number of rotatable bonds is 1. The van der Waals surface area contributed by atoms with E-state index >= 15 is 0 Å². The van der Waals surface area contributed by atoms with E-state index in [1.165, 1.54) is 0 Å². The molecule has 0 aliphatic heterocycles. The zero-order valence-electron chi connectivity index (χ0n) is 6.04. The van der Waals surface area contributed by atoms with Gasteiger partial charge in [0, 0.05) is 18.2 Å². The summed E-state index contributed by atoms with van der Waals surface area (Å²) in [5.74, 6) is 0.279. The molecule has 5 heteroatoms. The van der Waals surface area contributed by atoms with Crippen LogP contribution in [0.15, 0.2) is 12.2 Å². The van der Waals surface area contributed by atoms with Gasteiger partial charge in [-0.3, -0.25) is 0 Å². The van der Waals surface area contributed by atoms with Crippen molar-refractivity contribution in [1.29, 1.82) is 0 Å². The summed E-state index contributed by atoms with van der Waals surface area (Å²) < 4.78 is -1.92. The largest absolute Gasteiger partial charge is 0.139 e. The lowest BCUT2D eigenvalue weighted by Crippen LogP contribution is -2.35. The predicted molar refractivity (Wildman–Crippen MR) is 56.8 cm³/mol. The van der Waals surface area contributed by atoms with Crippen LogP contribution in [0.4, 0.5) is 0 Å². The molecule has 1 atom stereocenters. The molecule has 0 aromatic rings. The van der Waals surface area contributed by atoms with E-state index < -0.39 is 8.67 Å². The van der Waals surface area contributed by atoms with Crippen LogP contribution in [0.3, 0.4) is 0 Å². The van der Waals surface area contributed by atoms with Crippen LogP contribution >= 0.6 is 58.0 Å². The van der Waals surface area contributed by atoms with Crippen molar-refractivity contribution in [3.63, 3.8) is 0 Å². The second-order valence-corrected chi connectivity index (χ2v) is 6.21. The third-order valence-corrected chi connectivity index (χ3v) is 3.43. The normalized spacial score (nSPS) is 31.9. The van der Waals surface area contributed by atoms with Crippen LogP contribution in [0.25, 0.3) is 0 Å². The second-order valence-electron chi connectivity index (χ2n) is 2.82. The Morgan fingerprint density at radius 3 is 2.25 bits per heavy atom. The van der Waals surface area contributed by atoms with Gasteiger partial charge in [-0.2, -0.15) is 0 Å². The molecular weight excluding hydrogens is 261 g/mol. The Morgan fingerprint density at radius 1 is 1.25 bits per heavy atom. The number of alkyl halides is 5. The highest BCUT2D eigenvalue weighted by Crippen LogP contribution is 2.47. The van der Waals surface area contributed by atoms with Crippen LogP contribution in [0.2, 0.25) is 0 Å². The van der Waals surface area contributed by atoms with Crippen LogP contribution in [-0.2, 0) is 0 Å². The molecule has 0 fully saturated rings. The fourth-order valence-electron chi connectivity index (χ4n) is 1.07. The molecular formula is C7H7Cl5. The molecule has 0 spiro atoms. The topological polar surface area (TPSA) is 0 Å². The Balaban J connectivity index is 2.84. The van der Waals surface area contributed by atoms with Gasteiger partial charge in [-0.05, 0) is 0 Å². The Morgan fingerprint density at radius 2 is 1.83 bits per heavy atom. The fourth-order valence-corrected chi connectivity index (χ4v) is 3.15. The molecule has 0 saturated heterocycles. The van der Waals surface area contributed by atoms with Gasteiger partial charge in [0.05, 0.1) is 0 Å². The molecule has 0 aromatic heterocycles. The maximum Gasteiger partial charge on any atom is 0.139 e. The van der Waals surface area contributed by atoms with Gasteiger partial charge in [-0.15, -0.1) is 34.8 Å². The van der Waals surface area contributed by atoms with Crippen LogP contribution in [-0.4, -0.2) is 14.5 Å². The minimum atomic E-state index is -0.966. The van der Waals surface area contributed by atoms with Gasteiger partial charge in [0.25, 0.3) is 0 Å². The van der Waals surface area contributed by atoms with Crippen molar-refractivity contribution in [2.75, 3.05) is 5.88 Å². The Hall–Kier alpha value is 1.19. The molecule has 0 radical (unpaired) electrons. The third-order valence-electron chi connectivity index (χ3n) is 1.75. The number of allylic oxidation sites excluding steroid dienone is 2. The van der Waals surface area contributed by atoms with Crippen molar-refractivity contribution < 1.29 is 0 Å². The zero-order valence-corrected chi connectivity index (χ0v) is 9.82. The zero-order chi connectivity index (χ0) is 9.41. The summed E-state index contributed by atoms with van der Waals surface area (Å²) in [5.41, 5.74) is 0. The first-order valence-electron chi connectivity index (χ1n) is 3.38. The van der Waals surface area contributed by atoms with Gasteiger partial charge < -0.3 is 0 Å². The fraction of sp³-hybridized carbons (Fsp3) is 0.714. The molecule has 70 valence electrons. The molecule has 12 heavy (non-hydrogen) atoms. The van der Waals surface area contributed by atoms with Crippen LogP contribution in [0.5, 0.6) is 0 Å². The summed E-state index contributed by atoms with van der Waals surface area (Å²) in [4.78, 5) is 0.